The Balaban J connectivity index is 1.54. The van der Waals surface area contributed by atoms with Crippen LogP contribution in [0.1, 0.15) is 24.2 Å². The molecule has 1 aromatic carbocycles. The first kappa shape index (κ1) is 20.6. The van der Waals surface area contributed by atoms with Crippen molar-refractivity contribution in [3.8, 4) is 17.2 Å². The number of nitrogens with zero attached hydrogens (tertiary/aromatic N) is 3. The number of pyridine rings is 1. The summed E-state index contributed by atoms with van der Waals surface area (Å²) in [5.74, 6) is 0.672. The molecular formula is C19H16Br2N4O5. The molecule has 0 aliphatic carbocycles. The van der Waals surface area contributed by atoms with Gasteiger partial charge in [0.15, 0.2) is 23.3 Å². The van der Waals surface area contributed by atoms with Gasteiger partial charge in [0.25, 0.3) is 5.91 Å². The van der Waals surface area contributed by atoms with Crippen LogP contribution in [-0.4, -0.2) is 36.7 Å². The normalized spacial score (nSPS) is 19.5. The van der Waals surface area contributed by atoms with E-state index in [9.17, 15) is 4.79 Å². The minimum atomic E-state index is -0.555. The van der Waals surface area contributed by atoms with E-state index in [2.05, 4.69) is 52.5 Å². The van der Waals surface area contributed by atoms with E-state index in [0.29, 0.717) is 31.8 Å². The zero-order chi connectivity index (χ0) is 21.3. The van der Waals surface area contributed by atoms with Crippen molar-refractivity contribution in [1.82, 2.24) is 10.4 Å². The maximum atomic E-state index is 12.6. The van der Waals surface area contributed by atoms with Crippen LogP contribution >= 0.6 is 31.9 Å². The molecule has 11 heteroatoms. The number of carbonyl (C=O) groups is 1. The third-order valence-electron chi connectivity index (χ3n) is 4.63. The summed E-state index contributed by atoms with van der Waals surface area (Å²) in [7, 11) is 1.54. The summed E-state index contributed by atoms with van der Waals surface area (Å²) in [6.45, 7) is 1.93. The van der Waals surface area contributed by atoms with E-state index in [1.807, 2.05) is 13.0 Å². The van der Waals surface area contributed by atoms with Crippen LogP contribution in [0.25, 0.3) is 0 Å². The second-order valence-corrected chi connectivity index (χ2v) is 8.00. The number of amides is 1. The van der Waals surface area contributed by atoms with Crippen molar-refractivity contribution >= 4 is 49.7 Å². The molecule has 1 amide bonds. The Morgan fingerprint density at radius 1 is 1.33 bits per heavy atom. The quantitative estimate of drug-likeness (QED) is 0.460. The fourth-order valence-corrected chi connectivity index (χ4v) is 4.89. The van der Waals surface area contributed by atoms with Crippen LogP contribution in [0.3, 0.4) is 0 Å². The molecule has 2 aromatic rings. The summed E-state index contributed by atoms with van der Waals surface area (Å²) in [6.07, 6.45) is 4.23. The molecule has 2 aliphatic heterocycles. The number of ether oxygens (including phenoxy) is 3. The summed E-state index contributed by atoms with van der Waals surface area (Å²) < 4.78 is 17.8. The molecule has 1 N–H and O–H groups in total. The molecule has 0 saturated carbocycles. The number of carbonyl (C=O) groups excluding carboxylic acids is 1. The van der Waals surface area contributed by atoms with E-state index in [0.717, 1.165) is 5.56 Å². The first-order valence-electron chi connectivity index (χ1n) is 8.84. The Bertz CT molecular complexity index is 1050. The van der Waals surface area contributed by atoms with Crippen LogP contribution in [-0.2, 0) is 9.63 Å². The van der Waals surface area contributed by atoms with Crippen LogP contribution in [0.4, 0.5) is 0 Å². The molecule has 0 radical (unpaired) electrons. The Labute approximate surface area is 188 Å². The molecule has 0 bridgehead atoms. The molecule has 0 fully saturated rings. The molecule has 0 spiro atoms. The molecule has 0 unspecified atom stereocenters. The summed E-state index contributed by atoms with van der Waals surface area (Å²) in [5, 5.41) is 7.95. The lowest BCUT2D eigenvalue weighted by atomic mass is 9.93. The van der Waals surface area contributed by atoms with Crippen molar-refractivity contribution in [2.24, 2.45) is 16.2 Å². The predicted molar refractivity (Wildman–Crippen MR) is 115 cm³/mol. The molecule has 3 heterocycles. The molecule has 1 aromatic heterocycles. The highest BCUT2D eigenvalue weighted by Crippen LogP contribution is 2.55. The summed E-state index contributed by atoms with van der Waals surface area (Å²) in [6, 6.07) is 3.60. The van der Waals surface area contributed by atoms with Gasteiger partial charge in [-0.1, -0.05) is 18.1 Å². The fraction of sp³-hybridized carbons (Fsp3) is 0.263. The van der Waals surface area contributed by atoms with E-state index < -0.39 is 12.0 Å². The molecule has 9 nitrogen and oxygen atoms in total. The number of nitrogens with one attached hydrogen (secondary N) is 1. The summed E-state index contributed by atoms with van der Waals surface area (Å²) >= 11 is 7.11. The van der Waals surface area contributed by atoms with Crippen molar-refractivity contribution < 1.29 is 23.8 Å². The fourth-order valence-electron chi connectivity index (χ4n) is 3.14. The van der Waals surface area contributed by atoms with Gasteiger partial charge in [-0.25, -0.2) is 5.43 Å². The molecule has 156 valence electrons. The Kier molecular flexibility index (Phi) is 5.91. The molecule has 0 saturated heterocycles. The smallest absolute Gasteiger partial charge is 0.289 e. The van der Waals surface area contributed by atoms with E-state index in [4.69, 9.17) is 19.0 Å². The Morgan fingerprint density at radius 2 is 2.13 bits per heavy atom. The van der Waals surface area contributed by atoms with Crippen LogP contribution in [0.5, 0.6) is 17.2 Å². The van der Waals surface area contributed by atoms with Gasteiger partial charge in [-0.3, -0.25) is 9.78 Å². The van der Waals surface area contributed by atoms with Crippen molar-refractivity contribution in [2.45, 2.75) is 13.0 Å². The number of methoxy groups -OCH3 is 1. The number of hydrogen-bond acceptors (Lipinski definition) is 8. The summed E-state index contributed by atoms with van der Waals surface area (Å²) in [5.41, 5.74) is 4.15. The SMILES string of the molecule is COc1c(Br)c([C@H]2ON=C(C(=O)N/N=C\c3cccnc3)[C@H]2C)c(Br)c2c1OCO2. The van der Waals surface area contributed by atoms with Crippen molar-refractivity contribution in [3.05, 3.63) is 44.6 Å². The van der Waals surface area contributed by atoms with Crippen LogP contribution < -0.4 is 19.6 Å². The Hall–Kier alpha value is -2.66. The standard InChI is InChI=1S/C19H16Br2N4O5/c1-9-14(19(26)24-23-7-10-4-3-5-22-6-10)25-30-15(9)11-12(20)16(27-2)18-17(13(11)21)28-8-29-18/h3-7,9,15H,8H2,1-2H3,(H,24,26)/b23-7-/t9-,15+/m1/s1. The van der Waals surface area contributed by atoms with Gasteiger partial charge in [-0.2, -0.15) is 5.10 Å². The maximum Gasteiger partial charge on any atom is 0.289 e. The Morgan fingerprint density at radius 3 is 2.87 bits per heavy atom. The largest absolute Gasteiger partial charge is 0.492 e. The van der Waals surface area contributed by atoms with Crippen LogP contribution in [0, 0.1) is 5.92 Å². The van der Waals surface area contributed by atoms with E-state index in [1.165, 1.54) is 13.3 Å². The zero-order valence-corrected chi connectivity index (χ0v) is 19.1. The zero-order valence-electron chi connectivity index (χ0n) is 15.9. The minimum absolute atomic E-state index is 0.0837. The lowest BCUT2D eigenvalue weighted by Gasteiger charge is -2.20. The molecular weight excluding hydrogens is 524 g/mol. The number of benzene rings is 1. The van der Waals surface area contributed by atoms with Gasteiger partial charge < -0.3 is 19.0 Å². The minimum Gasteiger partial charge on any atom is -0.492 e. The number of hydrogen-bond donors (Lipinski definition) is 1. The predicted octanol–water partition coefficient (Wildman–Crippen LogP) is 3.56. The first-order valence-corrected chi connectivity index (χ1v) is 10.4. The van der Waals surface area contributed by atoms with Gasteiger partial charge in [0.1, 0.15) is 0 Å². The molecule has 4 rings (SSSR count). The number of hydrazone groups is 1. The lowest BCUT2D eigenvalue weighted by molar-refractivity contribution is -0.115. The van der Waals surface area contributed by atoms with Gasteiger partial charge >= 0.3 is 0 Å². The second-order valence-electron chi connectivity index (χ2n) is 6.42. The first-order chi connectivity index (χ1) is 14.5. The number of oxime groups is 1. The van der Waals surface area contributed by atoms with Crippen molar-refractivity contribution in [2.75, 3.05) is 13.9 Å². The van der Waals surface area contributed by atoms with E-state index in [-0.39, 0.29) is 18.4 Å². The third-order valence-corrected chi connectivity index (χ3v) is 6.20. The van der Waals surface area contributed by atoms with Gasteiger partial charge in [0, 0.05) is 23.5 Å². The lowest BCUT2D eigenvalue weighted by Crippen LogP contribution is -2.31. The molecule has 30 heavy (non-hydrogen) atoms. The number of rotatable bonds is 5. The van der Waals surface area contributed by atoms with E-state index >= 15 is 0 Å². The maximum absolute atomic E-state index is 12.6. The number of fused-ring (bicyclic) bond motifs is 1. The highest BCUT2D eigenvalue weighted by atomic mass is 79.9. The van der Waals surface area contributed by atoms with Crippen molar-refractivity contribution in [1.29, 1.82) is 0 Å². The monoisotopic (exact) mass is 538 g/mol. The topological polar surface area (TPSA) is 104 Å². The van der Waals surface area contributed by atoms with Gasteiger partial charge in [0.05, 0.1) is 28.2 Å². The van der Waals surface area contributed by atoms with Gasteiger partial charge in [0.2, 0.25) is 12.5 Å². The molecule has 2 aliphatic rings. The van der Waals surface area contributed by atoms with Crippen LogP contribution in [0.2, 0.25) is 0 Å². The van der Waals surface area contributed by atoms with Gasteiger partial charge in [-0.05, 0) is 37.9 Å². The average Bonchev–Trinajstić information content (AvgIpc) is 3.37. The second kappa shape index (κ2) is 8.60. The molecule has 2 atom stereocenters. The van der Waals surface area contributed by atoms with Crippen LogP contribution in [0.15, 0.2) is 43.7 Å². The van der Waals surface area contributed by atoms with E-state index in [1.54, 1.807) is 18.5 Å². The summed E-state index contributed by atoms with van der Waals surface area (Å²) in [4.78, 5) is 22.2. The number of halogens is 2. The van der Waals surface area contributed by atoms with Gasteiger partial charge in [-0.15, -0.1) is 0 Å². The highest BCUT2D eigenvalue weighted by molar-refractivity contribution is 9.11. The average molecular weight is 540 g/mol. The van der Waals surface area contributed by atoms with Crippen molar-refractivity contribution in [3.63, 3.8) is 0 Å². The third kappa shape index (κ3) is 3.63. The highest BCUT2D eigenvalue weighted by Gasteiger charge is 2.41. The number of aromatic nitrogens is 1.